The van der Waals surface area contributed by atoms with Crippen molar-refractivity contribution in [2.24, 2.45) is 5.92 Å². The van der Waals surface area contributed by atoms with Crippen LogP contribution in [0.5, 0.6) is 11.5 Å². The lowest BCUT2D eigenvalue weighted by Gasteiger charge is -2.21. The Morgan fingerprint density at radius 2 is 2.06 bits per heavy atom. The molecule has 1 aromatic rings. The van der Waals surface area contributed by atoms with Crippen molar-refractivity contribution in [3.8, 4) is 11.5 Å². The van der Waals surface area contributed by atoms with E-state index < -0.39 is 6.10 Å². The summed E-state index contributed by atoms with van der Waals surface area (Å²) in [5.74, 6) is 1.06. The number of aromatic hydroxyl groups is 1. The molecule has 0 bridgehead atoms. The van der Waals surface area contributed by atoms with Crippen LogP contribution >= 0.6 is 0 Å². The van der Waals surface area contributed by atoms with E-state index in [4.69, 9.17) is 4.74 Å². The third kappa shape index (κ3) is 4.65. The van der Waals surface area contributed by atoms with E-state index >= 15 is 0 Å². The molecule has 2 atom stereocenters. The van der Waals surface area contributed by atoms with Gasteiger partial charge in [0.25, 0.3) is 0 Å². The first-order valence-electron chi connectivity index (χ1n) is 6.27. The first-order valence-corrected chi connectivity index (χ1v) is 6.27. The molecule has 17 heavy (non-hydrogen) atoms. The summed E-state index contributed by atoms with van der Waals surface area (Å²) in [6.07, 6.45) is 2.60. The third-order valence-electron chi connectivity index (χ3n) is 2.97. The number of hydrogen-bond acceptors (Lipinski definition) is 3. The minimum atomic E-state index is -0.442. The number of phenols is 1. The van der Waals surface area contributed by atoms with Gasteiger partial charge in [-0.05, 0) is 24.5 Å². The first kappa shape index (κ1) is 13.8. The van der Waals surface area contributed by atoms with Crippen molar-refractivity contribution >= 4 is 0 Å². The molecule has 0 radical (unpaired) electrons. The van der Waals surface area contributed by atoms with Gasteiger partial charge in [0.15, 0.2) is 0 Å². The van der Waals surface area contributed by atoms with Gasteiger partial charge in [0, 0.05) is 6.07 Å². The molecule has 3 heteroatoms. The van der Waals surface area contributed by atoms with Crippen LogP contribution in [-0.2, 0) is 0 Å². The Morgan fingerprint density at radius 3 is 2.65 bits per heavy atom. The maximum atomic E-state index is 9.98. The number of rotatable bonds is 7. The van der Waals surface area contributed by atoms with Gasteiger partial charge in [-0.1, -0.05) is 32.8 Å². The monoisotopic (exact) mass is 238 g/mol. The van der Waals surface area contributed by atoms with Gasteiger partial charge < -0.3 is 14.9 Å². The van der Waals surface area contributed by atoms with Crippen molar-refractivity contribution in [3.63, 3.8) is 0 Å². The highest BCUT2D eigenvalue weighted by atomic mass is 16.5. The predicted molar refractivity (Wildman–Crippen MR) is 68.3 cm³/mol. The Labute approximate surface area is 103 Å². The van der Waals surface area contributed by atoms with Crippen LogP contribution in [0.2, 0.25) is 0 Å². The zero-order valence-electron chi connectivity index (χ0n) is 10.6. The van der Waals surface area contributed by atoms with E-state index in [1.54, 1.807) is 24.3 Å². The maximum absolute atomic E-state index is 9.98. The molecule has 0 heterocycles. The Hall–Kier alpha value is -1.22. The van der Waals surface area contributed by atoms with Gasteiger partial charge in [-0.25, -0.2) is 0 Å². The number of hydrogen-bond donors (Lipinski definition) is 2. The minimum Gasteiger partial charge on any atom is -0.508 e. The lowest BCUT2D eigenvalue weighted by Crippen LogP contribution is -2.26. The second-order valence-electron chi connectivity index (χ2n) is 4.33. The topological polar surface area (TPSA) is 49.7 Å². The molecule has 0 fully saturated rings. The Morgan fingerprint density at radius 1 is 1.29 bits per heavy atom. The van der Waals surface area contributed by atoms with Crippen LogP contribution in [0.1, 0.15) is 33.1 Å². The molecule has 0 aromatic heterocycles. The highest BCUT2D eigenvalue weighted by Gasteiger charge is 2.17. The first-order chi connectivity index (χ1) is 8.17. The van der Waals surface area contributed by atoms with Crippen LogP contribution in [0.3, 0.4) is 0 Å². The summed E-state index contributed by atoms with van der Waals surface area (Å²) < 4.78 is 5.47. The van der Waals surface area contributed by atoms with E-state index in [-0.39, 0.29) is 18.3 Å². The van der Waals surface area contributed by atoms with Gasteiger partial charge in [-0.15, -0.1) is 0 Å². The van der Waals surface area contributed by atoms with E-state index in [9.17, 15) is 10.2 Å². The van der Waals surface area contributed by atoms with Crippen LogP contribution in [0, 0.1) is 5.92 Å². The maximum Gasteiger partial charge on any atom is 0.123 e. The average Bonchev–Trinajstić information content (AvgIpc) is 2.33. The molecular weight excluding hydrogens is 216 g/mol. The third-order valence-corrected chi connectivity index (χ3v) is 2.97. The molecule has 2 unspecified atom stereocenters. The molecule has 96 valence electrons. The highest BCUT2D eigenvalue weighted by Crippen LogP contribution is 2.20. The molecule has 0 saturated carbocycles. The summed E-state index contributed by atoms with van der Waals surface area (Å²) in [6, 6.07) is 6.64. The fourth-order valence-corrected chi connectivity index (χ4v) is 1.93. The van der Waals surface area contributed by atoms with E-state index in [2.05, 4.69) is 13.8 Å². The fraction of sp³-hybridized carbons (Fsp3) is 0.571. The quantitative estimate of drug-likeness (QED) is 0.767. The van der Waals surface area contributed by atoms with Gasteiger partial charge in [0.2, 0.25) is 0 Å². The van der Waals surface area contributed by atoms with Gasteiger partial charge in [0.05, 0.1) is 6.10 Å². The molecule has 3 nitrogen and oxygen atoms in total. The number of benzene rings is 1. The molecule has 0 saturated heterocycles. The molecule has 0 aliphatic heterocycles. The Bertz CT molecular complexity index is 325. The largest absolute Gasteiger partial charge is 0.508 e. The molecule has 0 spiro atoms. The lowest BCUT2D eigenvalue weighted by molar-refractivity contribution is 0.0513. The summed E-state index contributed by atoms with van der Waals surface area (Å²) in [7, 11) is 0. The highest BCUT2D eigenvalue weighted by molar-refractivity contribution is 5.31. The zero-order chi connectivity index (χ0) is 12.7. The van der Waals surface area contributed by atoms with E-state index in [0.29, 0.717) is 5.75 Å². The minimum absolute atomic E-state index is 0.178. The van der Waals surface area contributed by atoms with Crippen molar-refractivity contribution in [2.45, 2.75) is 39.2 Å². The van der Waals surface area contributed by atoms with Gasteiger partial charge in [-0.3, -0.25) is 0 Å². The SMILES string of the molecule is CCCC(CC)C(O)COc1cccc(O)c1. The number of phenolic OH excluding ortho intramolecular Hbond substituents is 1. The standard InChI is InChI=1S/C14H22O3/c1-3-6-11(4-2)14(16)10-17-13-8-5-7-12(15)9-13/h5,7-9,11,14-16H,3-4,6,10H2,1-2H3. The molecule has 1 aromatic carbocycles. The normalized spacial score (nSPS) is 14.3. The van der Waals surface area contributed by atoms with Gasteiger partial charge in [-0.2, -0.15) is 0 Å². The Balaban J connectivity index is 2.44. The van der Waals surface area contributed by atoms with Crippen molar-refractivity contribution in [3.05, 3.63) is 24.3 Å². The van der Waals surface area contributed by atoms with Crippen LogP contribution in [-0.4, -0.2) is 22.9 Å². The van der Waals surface area contributed by atoms with E-state index in [0.717, 1.165) is 19.3 Å². The summed E-state index contributed by atoms with van der Waals surface area (Å²) in [5, 5.41) is 19.3. The van der Waals surface area contributed by atoms with Gasteiger partial charge >= 0.3 is 0 Å². The molecular formula is C14H22O3. The van der Waals surface area contributed by atoms with Crippen LogP contribution in [0.25, 0.3) is 0 Å². The summed E-state index contributed by atoms with van der Waals surface area (Å²) in [5.41, 5.74) is 0. The molecule has 2 N–H and O–H groups in total. The van der Waals surface area contributed by atoms with Crippen LogP contribution < -0.4 is 4.74 Å². The number of aliphatic hydroxyl groups is 1. The molecule has 0 aliphatic rings. The summed E-state index contributed by atoms with van der Waals surface area (Å²) >= 11 is 0. The number of ether oxygens (including phenoxy) is 1. The zero-order valence-corrected chi connectivity index (χ0v) is 10.6. The number of aliphatic hydroxyl groups excluding tert-OH is 1. The van der Waals surface area contributed by atoms with Crippen LogP contribution in [0.15, 0.2) is 24.3 Å². The van der Waals surface area contributed by atoms with E-state index in [1.807, 2.05) is 0 Å². The predicted octanol–water partition coefficient (Wildman–Crippen LogP) is 2.96. The molecule has 1 rings (SSSR count). The second kappa shape index (κ2) is 7.17. The smallest absolute Gasteiger partial charge is 0.123 e. The van der Waals surface area contributed by atoms with Gasteiger partial charge in [0.1, 0.15) is 18.1 Å². The van der Waals surface area contributed by atoms with Crippen molar-refractivity contribution < 1.29 is 14.9 Å². The second-order valence-corrected chi connectivity index (χ2v) is 4.33. The van der Waals surface area contributed by atoms with Crippen molar-refractivity contribution in [1.82, 2.24) is 0 Å². The average molecular weight is 238 g/mol. The molecule has 0 aliphatic carbocycles. The van der Waals surface area contributed by atoms with Crippen molar-refractivity contribution in [2.75, 3.05) is 6.61 Å². The fourth-order valence-electron chi connectivity index (χ4n) is 1.93. The summed E-state index contributed by atoms with van der Waals surface area (Å²) in [6.45, 7) is 4.48. The molecule has 0 amide bonds. The lowest BCUT2D eigenvalue weighted by atomic mass is 9.95. The van der Waals surface area contributed by atoms with E-state index in [1.165, 1.54) is 0 Å². The van der Waals surface area contributed by atoms with Crippen molar-refractivity contribution in [1.29, 1.82) is 0 Å². The summed E-state index contributed by atoms with van der Waals surface area (Å²) in [4.78, 5) is 0. The van der Waals surface area contributed by atoms with Crippen LogP contribution in [0.4, 0.5) is 0 Å². The Kier molecular flexibility index (Phi) is 5.84.